The predicted molar refractivity (Wildman–Crippen MR) is 160 cm³/mol. The van der Waals surface area contributed by atoms with E-state index in [9.17, 15) is 0 Å². The van der Waals surface area contributed by atoms with Gasteiger partial charge in [0.05, 0.1) is 0 Å². The molecule has 0 aliphatic heterocycles. The predicted octanol–water partition coefficient (Wildman–Crippen LogP) is 10.6. The molecule has 0 radical (unpaired) electrons. The van der Waals surface area contributed by atoms with E-state index < -0.39 is 0 Å². The molecule has 6 aromatic rings. The van der Waals surface area contributed by atoms with Gasteiger partial charge in [-0.1, -0.05) is 60.7 Å². The zero-order valence-electron chi connectivity index (χ0n) is 21.6. The lowest BCUT2D eigenvalue weighted by molar-refractivity contribution is 0.719. The maximum atomic E-state index is 2.47. The van der Waals surface area contributed by atoms with Crippen LogP contribution in [-0.2, 0) is 0 Å². The van der Waals surface area contributed by atoms with Crippen molar-refractivity contribution in [3.63, 3.8) is 0 Å². The molecule has 0 amide bonds. The monoisotopic (exact) mass is 486 g/mol. The van der Waals surface area contributed by atoms with E-state index in [2.05, 4.69) is 84.9 Å². The van der Waals surface area contributed by atoms with E-state index in [1.54, 1.807) is 22.3 Å². The van der Waals surface area contributed by atoms with Crippen molar-refractivity contribution < 1.29 is 0 Å². The Morgan fingerprint density at radius 1 is 0.421 bits per heavy atom. The van der Waals surface area contributed by atoms with Gasteiger partial charge in [0.1, 0.15) is 0 Å². The lowest BCUT2D eigenvalue weighted by atomic mass is 9.83. The van der Waals surface area contributed by atoms with E-state index in [0.717, 1.165) is 23.7 Å². The van der Waals surface area contributed by atoms with Gasteiger partial charge >= 0.3 is 0 Å². The summed E-state index contributed by atoms with van der Waals surface area (Å²) < 4.78 is 0. The van der Waals surface area contributed by atoms with Crippen LogP contribution in [-0.4, -0.2) is 0 Å². The Morgan fingerprint density at radius 2 is 0.816 bits per heavy atom. The zero-order chi connectivity index (χ0) is 24.5. The van der Waals surface area contributed by atoms with Gasteiger partial charge in [0.15, 0.2) is 0 Å². The first-order valence-electron chi connectivity index (χ1n) is 14.8. The van der Waals surface area contributed by atoms with Gasteiger partial charge in [-0.15, -0.1) is 0 Å². The van der Waals surface area contributed by atoms with Crippen LogP contribution in [0.4, 0.5) is 0 Å². The highest BCUT2D eigenvalue weighted by Crippen LogP contribution is 2.57. The van der Waals surface area contributed by atoms with Crippen molar-refractivity contribution >= 4 is 32.3 Å². The topological polar surface area (TPSA) is 0 Å². The van der Waals surface area contributed by atoms with Crippen LogP contribution < -0.4 is 0 Å². The second-order valence-corrected chi connectivity index (χ2v) is 12.8. The fourth-order valence-corrected chi connectivity index (χ4v) is 9.49. The number of hydrogen-bond acceptors (Lipinski definition) is 0. The molecule has 0 saturated heterocycles. The van der Waals surface area contributed by atoms with Gasteiger partial charge in [0, 0.05) is 0 Å². The van der Waals surface area contributed by atoms with Gasteiger partial charge < -0.3 is 0 Å². The second-order valence-electron chi connectivity index (χ2n) is 12.8. The van der Waals surface area contributed by atoms with Gasteiger partial charge in [-0.2, -0.15) is 0 Å². The molecule has 4 aliphatic carbocycles. The zero-order valence-corrected chi connectivity index (χ0v) is 21.6. The molecule has 2 saturated carbocycles. The highest BCUT2D eigenvalue weighted by Gasteiger charge is 2.39. The number of rotatable bonds is 2. The summed E-state index contributed by atoms with van der Waals surface area (Å²) >= 11 is 0. The third-order valence-electron chi connectivity index (χ3n) is 11.0. The van der Waals surface area contributed by atoms with Crippen molar-refractivity contribution in [2.45, 2.75) is 62.2 Å². The molecular weight excluding hydrogens is 456 g/mol. The van der Waals surface area contributed by atoms with Crippen molar-refractivity contribution in [3.05, 3.63) is 107 Å². The Morgan fingerprint density at radius 3 is 1.24 bits per heavy atom. The van der Waals surface area contributed by atoms with Crippen LogP contribution in [0.5, 0.6) is 0 Å². The quantitative estimate of drug-likeness (QED) is 0.214. The van der Waals surface area contributed by atoms with Crippen molar-refractivity contribution in [1.82, 2.24) is 0 Å². The average molecular weight is 487 g/mol. The molecule has 6 aromatic carbocycles. The summed E-state index contributed by atoms with van der Waals surface area (Å²) in [6.07, 6.45) is 8.26. The van der Waals surface area contributed by atoms with E-state index in [4.69, 9.17) is 0 Å². The number of fused-ring (bicyclic) bond motifs is 10. The van der Waals surface area contributed by atoms with Crippen LogP contribution >= 0.6 is 0 Å². The molecule has 0 N–H and O–H groups in total. The van der Waals surface area contributed by atoms with Crippen molar-refractivity contribution in [2.75, 3.05) is 0 Å². The van der Waals surface area contributed by atoms with Crippen LogP contribution in [0.1, 0.15) is 84.5 Å². The second kappa shape index (κ2) is 7.06. The fraction of sp³-hybridized carbons (Fsp3) is 0.263. The summed E-state index contributed by atoms with van der Waals surface area (Å²) in [6.45, 7) is 0. The smallest absolute Gasteiger partial charge is 0.00264 e. The molecular formula is C38H30. The minimum absolute atomic E-state index is 0.769. The summed E-state index contributed by atoms with van der Waals surface area (Å²) in [5.41, 5.74) is 12.3. The van der Waals surface area contributed by atoms with E-state index in [0.29, 0.717) is 0 Å². The third kappa shape index (κ3) is 2.52. The SMILES string of the molecule is c1cc(-c2cc3ccc4cc(-c5cccc6c5C5CCC6C5)cc5ccc(c2)c3c45)c2c(c1)C1CCC2C1. The van der Waals surface area contributed by atoms with Gasteiger partial charge in [-0.25, -0.2) is 0 Å². The molecule has 0 spiro atoms. The maximum absolute atomic E-state index is 2.47. The Balaban J connectivity index is 1.17. The molecule has 0 aromatic heterocycles. The first kappa shape index (κ1) is 20.3. The normalized spacial score (nSPS) is 24.7. The number of benzene rings is 6. The van der Waals surface area contributed by atoms with Crippen molar-refractivity contribution in [2.24, 2.45) is 0 Å². The molecule has 38 heavy (non-hydrogen) atoms. The van der Waals surface area contributed by atoms with Gasteiger partial charge in [0.25, 0.3) is 0 Å². The summed E-state index contributed by atoms with van der Waals surface area (Å²) in [4.78, 5) is 0. The number of hydrogen-bond donors (Lipinski definition) is 0. The van der Waals surface area contributed by atoms with Crippen LogP contribution in [0.3, 0.4) is 0 Å². The molecule has 2 fully saturated rings. The Hall–Kier alpha value is -3.64. The highest BCUT2D eigenvalue weighted by molar-refractivity contribution is 6.24. The molecule has 0 heterocycles. The summed E-state index contributed by atoms with van der Waals surface area (Å²) in [6, 6.07) is 33.6. The lowest BCUT2D eigenvalue weighted by Crippen LogP contribution is -2.00. The minimum Gasteiger partial charge on any atom is -0.0613 e. The van der Waals surface area contributed by atoms with Crippen LogP contribution in [0.25, 0.3) is 54.6 Å². The van der Waals surface area contributed by atoms with Crippen LogP contribution in [0, 0.1) is 0 Å². The molecule has 0 nitrogen and oxygen atoms in total. The Bertz CT molecular complexity index is 1750. The maximum Gasteiger partial charge on any atom is -0.00264 e. The summed E-state index contributed by atoms with van der Waals surface area (Å²) in [5.74, 6) is 3.14. The van der Waals surface area contributed by atoms with E-state index >= 15 is 0 Å². The highest BCUT2D eigenvalue weighted by atomic mass is 14.4. The third-order valence-corrected chi connectivity index (χ3v) is 11.0. The molecule has 10 rings (SSSR count). The Kier molecular flexibility index (Phi) is 3.78. The fourth-order valence-electron chi connectivity index (χ4n) is 9.49. The standard InChI is InChI=1S/C38H30/c1-3-31-21-7-9-27(15-21)37(31)33(5-1)29-17-23-11-13-25-19-30(20-26-14-12-24(18-29)35(23)36(25)26)34-6-2-4-32-22-8-10-28(16-22)38(32)34/h1-6,11-14,17-22,27-28H,7-10,15-16H2. The summed E-state index contributed by atoms with van der Waals surface area (Å²) in [7, 11) is 0. The first-order chi connectivity index (χ1) is 18.8. The van der Waals surface area contributed by atoms with Crippen LogP contribution in [0.15, 0.2) is 84.9 Å². The molecule has 4 bridgehead atoms. The minimum atomic E-state index is 0.769. The molecule has 182 valence electrons. The van der Waals surface area contributed by atoms with E-state index in [1.807, 2.05) is 0 Å². The van der Waals surface area contributed by atoms with Gasteiger partial charge in [-0.3, -0.25) is 0 Å². The van der Waals surface area contributed by atoms with Gasteiger partial charge in [0.2, 0.25) is 0 Å². The molecule has 0 heteroatoms. The van der Waals surface area contributed by atoms with Gasteiger partial charge in [-0.05, 0) is 163 Å². The summed E-state index contributed by atoms with van der Waals surface area (Å²) in [5, 5.41) is 8.37. The largest absolute Gasteiger partial charge is 0.0613 e. The Labute approximate surface area is 223 Å². The van der Waals surface area contributed by atoms with Crippen molar-refractivity contribution in [1.29, 1.82) is 0 Å². The van der Waals surface area contributed by atoms with E-state index in [-0.39, 0.29) is 0 Å². The van der Waals surface area contributed by atoms with Crippen molar-refractivity contribution in [3.8, 4) is 22.3 Å². The molecule has 4 unspecified atom stereocenters. The lowest BCUT2D eigenvalue weighted by Gasteiger charge is -2.21. The van der Waals surface area contributed by atoms with Crippen LogP contribution in [0.2, 0.25) is 0 Å². The molecule has 4 aliphatic rings. The molecule has 4 atom stereocenters. The first-order valence-corrected chi connectivity index (χ1v) is 14.8. The van der Waals surface area contributed by atoms with E-state index in [1.165, 1.54) is 93.1 Å². The average Bonchev–Trinajstić information content (AvgIpc) is 3.77.